The highest BCUT2D eigenvalue weighted by Crippen LogP contribution is 2.39. The molecular weight excluding hydrogens is 446 g/mol. The zero-order valence-electron chi connectivity index (χ0n) is 19.0. The molecular formula is C27H23N3O3S. The van der Waals surface area contributed by atoms with Gasteiger partial charge in [-0.05, 0) is 74.6 Å². The zero-order chi connectivity index (χ0) is 23.7. The number of aryl methyl sites for hydroxylation is 2. The summed E-state index contributed by atoms with van der Waals surface area (Å²) in [5, 5.41) is 14.1. The van der Waals surface area contributed by atoms with Crippen LogP contribution in [0.15, 0.2) is 57.9 Å². The predicted molar refractivity (Wildman–Crippen MR) is 133 cm³/mol. The molecule has 6 nitrogen and oxygen atoms in total. The number of carbonyl (C=O) groups is 1. The summed E-state index contributed by atoms with van der Waals surface area (Å²) >= 11 is 1.52. The third-order valence-corrected chi connectivity index (χ3v) is 7.16. The third kappa shape index (κ3) is 4.20. The SMILES string of the molecule is COc1ccc2oc(=Nc3sc4c(c3C#N)CCCC4)c(C(=O)Nc3ccc(C)cc3)cc2c1. The maximum atomic E-state index is 13.3. The van der Waals surface area contributed by atoms with Gasteiger partial charge in [0.25, 0.3) is 5.91 Å². The van der Waals surface area contributed by atoms with E-state index in [0.29, 0.717) is 27.6 Å². The second kappa shape index (κ2) is 9.16. The second-order valence-corrected chi connectivity index (χ2v) is 9.39. The highest BCUT2D eigenvalue weighted by molar-refractivity contribution is 7.16. The van der Waals surface area contributed by atoms with Gasteiger partial charge in [-0.15, -0.1) is 11.3 Å². The smallest absolute Gasteiger partial charge is 0.261 e. The maximum Gasteiger partial charge on any atom is 0.261 e. The summed E-state index contributed by atoms with van der Waals surface area (Å²) in [4.78, 5) is 19.3. The van der Waals surface area contributed by atoms with Crippen LogP contribution in [0.3, 0.4) is 0 Å². The van der Waals surface area contributed by atoms with E-state index in [4.69, 9.17) is 14.1 Å². The fourth-order valence-electron chi connectivity index (χ4n) is 4.15. The van der Waals surface area contributed by atoms with E-state index in [1.54, 1.807) is 25.3 Å². The number of ether oxygens (including phenoxy) is 1. The van der Waals surface area contributed by atoms with E-state index in [2.05, 4.69) is 11.4 Å². The lowest BCUT2D eigenvalue weighted by atomic mass is 9.96. The molecule has 7 heteroatoms. The van der Waals surface area contributed by atoms with Crippen molar-refractivity contribution < 1.29 is 13.9 Å². The number of amides is 1. The minimum Gasteiger partial charge on any atom is -0.497 e. The van der Waals surface area contributed by atoms with Gasteiger partial charge in [0.05, 0.1) is 12.7 Å². The molecule has 0 unspecified atom stereocenters. The van der Waals surface area contributed by atoms with Gasteiger partial charge in [0.15, 0.2) is 0 Å². The van der Waals surface area contributed by atoms with Crippen molar-refractivity contribution in [2.24, 2.45) is 4.99 Å². The van der Waals surface area contributed by atoms with Crippen LogP contribution in [-0.4, -0.2) is 13.0 Å². The molecule has 34 heavy (non-hydrogen) atoms. The maximum absolute atomic E-state index is 13.3. The minimum atomic E-state index is -0.337. The van der Waals surface area contributed by atoms with Crippen molar-refractivity contribution in [2.75, 3.05) is 12.4 Å². The molecule has 0 saturated carbocycles. The summed E-state index contributed by atoms with van der Waals surface area (Å²) in [5.74, 6) is 0.325. The Bertz CT molecular complexity index is 1510. The molecule has 0 aliphatic heterocycles. The van der Waals surface area contributed by atoms with Gasteiger partial charge in [0, 0.05) is 16.0 Å². The van der Waals surface area contributed by atoms with Crippen molar-refractivity contribution in [1.82, 2.24) is 0 Å². The lowest BCUT2D eigenvalue weighted by Gasteiger charge is -2.09. The van der Waals surface area contributed by atoms with Crippen LogP contribution in [0.5, 0.6) is 5.75 Å². The number of nitriles is 1. The van der Waals surface area contributed by atoms with Crippen LogP contribution in [0.4, 0.5) is 10.7 Å². The van der Waals surface area contributed by atoms with Crippen molar-refractivity contribution in [3.05, 3.63) is 81.2 Å². The fraction of sp³-hybridized carbons (Fsp3) is 0.222. The van der Waals surface area contributed by atoms with E-state index in [0.717, 1.165) is 42.2 Å². The Morgan fingerprint density at radius 1 is 1.15 bits per heavy atom. The summed E-state index contributed by atoms with van der Waals surface area (Å²) in [6.07, 6.45) is 4.04. The molecule has 0 saturated heterocycles. The number of benzene rings is 2. The van der Waals surface area contributed by atoms with Gasteiger partial charge in [0.1, 0.15) is 28.0 Å². The van der Waals surface area contributed by atoms with Gasteiger partial charge >= 0.3 is 0 Å². The number of methoxy groups -OCH3 is 1. The highest BCUT2D eigenvalue weighted by atomic mass is 32.1. The zero-order valence-corrected chi connectivity index (χ0v) is 19.8. The van der Waals surface area contributed by atoms with Gasteiger partial charge in [-0.25, -0.2) is 4.99 Å². The molecule has 2 heterocycles. The molecule has 2 aromatic heterocycles. The number of fused-ring (bicyclic) bond motifs is 2. The van der Waals surface area contributed by atoms with E-state index in [1.807, 2.05) is 37.3 Å². The van der Waals surface area contributed by atoms with Crippen LogP contribution in [-0.2, 0) is 12.8 Å². The number of nitrogens with zero attached hydrogens (tertiary/aromatic N) is 2. The molecule has 5 rings (SSSR count). The number of anilines is 1. The fourth-order valence-corrected chi connectivity index (χ4v) is 5.36. The number of carbonyl (C=O) groups excluding carboxylic acids is 1. The van der Waals surface area contributed by atoms with Crippen LogP contribution in [0.1, 0.15) is 44.8 Å². The van der Waals surface area contributed by atoms with Gasteiger partial charge in [-0.3, -0.25) is 4.79 Å². The average Bonchev–Trinajstić information content (AvgIpc) is 3.21. The van der Waals surface area contributed by atoms with Gasteiger partial charge in [-0.2, -0.15) is 5.26 Å². The first-order valence-electron chi connectivity index (χ1n) is 11.1. The number of thiophene rings is 1. The summed E-state index contributed by atoms with van der Waals surface area (Å²) < 4.78 is 11.5. The standard InChI is InChI=1S/C27H23N3O3S/c1-16-7-9-18(10-8-16)29-25(31)21-14-17-13-19(32-2)11-12-23(17)33-26(21)30-27-22(15-28)20-5-3-4-6-24(20)34-27/h7-14H,3-6H2,1-2H3,(H,29,31). The normalized spacial score (nSPS) is 13.4. The van der Waals surface area contributed by atoms with E-state index >= 15 is 0 Å². The Hall–Kier alpha value is -3.89. The predicted octanol–water partition coefficient (Wildman–Crippen LogP) is 6.05. The largest absolute Gasteiger partial charge is 0.497 e. The number of rotatable bonds is 4. The Kier molecular flexibility index (Phi) is 5.91. The lowest BCUT2D eigenvalue weighted by Crippen LogP contribution is -2.21. The first-order valence-corrected chi connectivity index (χ1v) is 12.0. The topological polar surface area (TPSA) is 87.6 Å². The van der Waals surface area contributed by atoms with Gasteiger partial charge < -0.3 is 14.5 Å². The lowest BCUT2D eigenvalue weighted by molar-refractivity contribution is 0.102. The van der Waals surface area contributed by atoms with Crippen molar-refractivity contribution in [3.63, 3.8) is 0 Å². The molecule has 0 radical (unpaired) electrons. The first kappa shape index (κ1) is 21.9. The molecule has 4 aromatic rings. The average molecular weight is 470 g/mol. The molecule has 0 fully saturated rings. The Labute approximate surface area is 201 Å². The van der Waals surface area contributed by atoms with Gasteiger partial charge in [-0.1, -0.05) is 17.7 Å². The Balaban J connectivity index is 1.67. The number of nitrogens with one attached hydrogen (secondary N) is 1. The molecule has 1 aliphatic carbocycles. The first-order chi connectivity index (χ1) is 16.6. The Morgan fingerprint density at radius 3 is 2.71 bits per heavy atom. The molecule has 0 atom stereocenters. The van der Waals surface area contributed by atoms with Crippen LogP contribution in [0.25, 0.3) is 11.0 Å². The highest BCUT2D eigenvalue weighted by Gasteiger charge is 2.21. The summed E-state index contributed by atoms with van der Waals surface area (Å²) in [7, 11) is 1.59. The Morgan fingerprint density at radius 2 is 1.94 bits per heavy atom. The number of hydrogen-bond acceptors (Lipinski definition) is 6. The minimum absolute atomic E-state index is 0.178. The van der Waals surface area contributed by atoms with Crippen molar-refractivity contribution in [3.8, 4) is 11.8 Å². The number of hydrogen-bond donors (Lipinski definition) is 1. The van der Waals surface area contributed by atoms with Crippen LogP contribution < -0.4 is 15.6 Å². The summed E-state index contributed by atoms with van der Waals surface area (Å²) in [6.45, 7) is 1.99. The summed E-state index contributed by atoms with van der Waals surface area (Å²) in [6, 6.07) is 17.1. The van der Waals surface area contributed by atoms with Gasteiger partial charge in [0.2, 0.25) is 5.55 Å². The van der Waals surface area contributed by atoms with E-state index in [-0.39, 0.29) is 17.0 Å². The molecule has 2 aromatic carbocycles. The molecule has 0 spiro atoms. The second-order valence-electron chi connectivity index (χ2n) is 8.30. The van der Waals surface area contributed by atoms with E-state index in [1.165, 1.54) is 16.2 Å². The molecule has 1 aliphatic rings. The van der Waals surface area contributed by atoms with E-state index < -0.39 is 0 Å². The molecule has 1 amide bonds. The molecule has 0 bridgehead atoms. The quantitative estimate of drug-likeness (QED) is 0.394. The van der Waals surface area contributed by atoms with Crippen LogP contribution in [0, 0.1) is 18.3 Å². The van der Waals surface area contributed by atoms with Crippen molar-refractivity contribution in [2.45, 2.75) is 32.6 Å². The van der Waals surface area contributed by atoms with Crippen molar-refractivity contribution >= 4 is 38.9 Å². The molecule has 170 valence electrons. The van der Waals surface area contributed by atoms with E-state index in [9.17, 15) is 10.1 Å². The third-order valence-electron chi connectivity index (χ3n) is 5.98. The van der Waals surface area contributed by atoms with Crippen LogP contribution >= 0.6 is 11.3 Å². The van der Waals surface area contributed by atoms with Crippen LogP contribution in [0.2, 0.25) is 0 Å². The monoisotopic (exact) mass is 469 g/mol. The summed E-state index contributed by atoms with van der Waals surface area (Å²) in [5.41, 5.74) is 4.51. The molecule has 1 N–H and O–H groups in total. The van der Waals surface area contributed by atoms with Crippen molar-refractivity contribution in [1.29, 1.82) is 5.26 Å².